The van der Waals surface area contributed by atoms with Gasteiger partial charge in [-0.1, -0.05) is 37.7 Å². The highest BCUT2D eigenvalue weighted by Crippen LogP contribution is 2.29. The van der Waals surface area contributed by atoms with Crippen LogP contribution in [0.4, 0.5) is 4.39 Å². The van der Waals surface area contributed by atoms with Crippen LogP contribution in [0, 0.1) is 5.82 Å². The zero-order chi connectivity index (χ0) is 14.4. The third-order valence-electron chi connectivity index (χ3n) is 3.19. The van der Waals surface area contributed by atoms with Crippen LogP contribution in [0.5, 0.6) is 0 Å². The van der Waals surface area contributed by atoms with E-state index in [0.29, 0.717) is 6.04 Å². The van der Waals surface area contributed by atoms with Crippen LogP contribution in [0.1, 0.15) is 31.9 Å². The molecule has 0 aromatic heterocycles. The Morgan fingerprint density at radius 2 is 1.50 bits per heavy atom. The lowest BCUT2D eigenvalue weighted by molar-refractivity contribution is 0.537. The lowest BCUT2D eigenvalue weighted by Gasteiger charge is -2.16. The van der Waals surface area contributed by atoms with Crippen LogP contribution in [-0.4, -0.2) is 6.54 Å². The summed E-state index contributed by atoms with van der Waals surface area (Å²) in [7, 11) is 0. The monoisotopic (exact) mass is 289 g/mol. The summed E-state index contributed by atoms with van der Waals surface area (Å²) in [4.78, 5) is 2.23. The quantitative estimate of drug-likeness (QED) is 0.799. The SMILES string of the molecule is CCNC(CC)c1ccc(Sc2ccc(F)cc2)cc1. The molecule has 1 nitrogen and oxygen atoms in total. The van der Waals surface area contributed by atoms with E-state index in [0.717, 1.165) is 17.9 Å². The fraction of sp³-hybridized carbons (Fsp3) is 0.294. The van der Waals surface area contributed by atoms with Crippen LogP contribution in [0.25, 0.3) is 0 Å². The lowest BCUT2D eigenvalue weighted by Crippen LogP contribution is -2.19. The number of rotatable bonds is 6. The molecule has 0 heterocycles. The fourth-order valence-corrected chi connectivity index (χ4v) is 2.97. The summed E-state index contributed by atoms with van der Waals surface area (Å²) < 4.78 is 12.9. The van der Waals surface area contributed by atoms with Gasteiger partial charge in [0.15, 0.2) is 0 Å². The van der Waals surface area contributed by atoms with Gasteiger partial charge in [0.25, 0.3) is 0 Å². The average Bonchev–Trinajstić information content (AvgIpc) is 2.48. The second-order valence-electron chi connectivity index (χ2n) is 4.64. The van der Waals surface area contributed by atoms with Gasteiger partial charge in [-0.15, -0.1) is 0 Å². The van der Waals surface area contributed by atoms with Crippen molar-refractivity contribution in [1.29, 1.82) is 0 Å². The molecule has 0 spiro atoms. The summed E-state index contributed by atoms with van der Waals surface area (Å²) in [6.07, 6.45) is 1.08. The van der Waals surface area contributed by atoms with Crippen molar-refractivity contribution in [3.63, 3.8) is 0 Å². The normalized spacial score (nSPS) is 12.3. The molecule has 1 N–H and O–H groups in total. The number of hydrogen-bond donors (Lipinski definition) is 1. The molecule has 2 rings (SSSR count). The minimum absolute atomic E-state index is 0.193. The smallest absolute Gasteiger partial charge is 0.123 e. The molecule has 2 aromatic rings. The molecular weight excluding hydrogens is 269 g/mol. The van der Waals surface area contributed by atoms with Crippen molar-refractivity contribution in [2.75, 3.05) is 6.54 Å². The molecule has 1 atom stereocenters. The summed E-state index contributed by atoms with van der Waals surface area (Å²) in [6, 6.07) is 15.6. The number of benzene rings is 2. The van der Waals surface area contributed by atoms with E-state index in [1.54, 1.807) is 23.9 Å². The highest BCUT2D eigenvalue weighted by Gasteiger charge is 2.07. The van der Waals surface area contributed by atoms with Gasteiger partial charge in [-0.2, -0.15) is 0 Å². The van der Waals surface area contributed by atoms with Gasteiger partial charge in [-0.25, -0.2) is 4.39 Å². The Labute approximate surface area is 124 Å². The predicted octanol–water partition coefficient (Wildman–Crippen LogP) is 5.04. The van der Waals surface area contributed by atoms with Gasteiger partial charge < -0.3 is 5.32 Å². The highest BCUT2D eigenvalue weighted by molar-refractivity contribution is 7.99. The van der Waals surface area contributed by atoms with Gasteiger partial charge in [0, 0.05) is 15.8 Å². The van der Waals surface area contributed by atoms with Gasteiger partial charge in [-0.05, 0) is 54.9 Å². The first-order valence-electron chi connectivity index (χ1n) is 6.99. The molecule has 2 aromatic carbocycles. The molecule has 0 aliphatic heterocycles. The van der Waals surface area contributed by atoms with Crippen LogP contribution >= 0.6 is 11.8 Å². The Morgan fingerprint density at radius 1 is 0.950 bits per heavy atom. The van der Waals surface area contributed by atoms with Gasteiger partial charge in [0.2, 0.25) is 0 Å². The standard InChI is InChI=1S/C17H20FNS/c1-3-17(19-4-2)13-5-9-15(10-6-13)20-16-11-7-14(18)8-12-16/h5-12,17,19H,3-4H2,1-2H3. The van der Waals surface area contributed by atoms with Crippen molar-refractivity contribution in [2.24, 2.45) is 0 Å². The molecular formula is C17H20FNS. The third kappa shape index (κ3) is 4.09. The van der Waals surface area contributed by atoms with Gasteiger partial charge in [0.1, 0.15) is 5.82 Å². The molecule has 0 radical (unpaired) electrons. The van der Waals surface area contributed by atoms with E-state index in [1.165, 1.54) is 22.6 Å². The maximum atomic E-state index is 12.9. The average molecular weight is 289 g/mol. The molecule has 0 saturated heterocycles. The Morgan fingerprint density at radius 3 is 2.00 bits per heavy atom. The number of hydrogen-bond acceptors (Lipinski definition) is 2. The van der Waals surface area contributed by atoms with Crippen LogP contribution in [0.2, 0.25) is 0 Å². The summed E-state index contributed by atoms with van der Waals surface area (Å²) in [5, 5.41) is 3.48. The van der Waals surface area contributed by atoms with E-state index in [2.05, 4.69) is 43.4 Å². The van der Waals surface area contributed by atoms with Gasteiger partial charge in [-0.3, -0.25) is 0 Å². The van der Waals surface area contributed by atoms with Crippen molar-refractivity contribution in [2.45, 2.75) is 36.1 Å². The van der Waals surface area contributed by atoms with Crippen molar-refractivity contribution >= 4 is 11.8 Å². The van der Waals surface area contributed by atoms with E-state index < -0.39 is 0 Å². The first-order chi connectivity index (χ1) is 9.72. The van der Waals surface area contributed by atoms with Crippen molar-refractivity contribution in [1.82, 2.24) is 5.32 Å². The van der Waals surface area contributed by atoms with Crippen LogP contribution < -0.4 is 5.32 Å². The first kappa shape index (κ1) is 15.1. The largest absolute Gasteiger partial charge is 0.310 e. The molecule has 0 aliphatic carbocycles. The first-order valence-corrected chi connectivity index (χ1v) is 7.81. The Balaban J connectivity index is 2.06. The Bertz CT molecular complexity index is 522. The molecule has 20 heavy (non-hydrogen) atoms. The van der Waals surface area contributed by atoms with Gasteiger partial charge >= 0.3 is 0 Å². The summed E-state index contributed by atoms with van der Waals surface area (Å²) in [6.45, 7) is 5.29. The maximum absolute atomic E-state index is 12.9. The van der Waals surface area contributed by atoms with Crippen LogP contribution in [-0.2, 0) is 0 Å². The minimum atomic E-state index is -0.193. The van der Waals surface area contributed by atoms with Crippen molar-refractivity contribution in [3.8, 4) is 0 Å². The van der Waals surface area contributed by atoms with Crippen LogP contribution in [0.3, 0.4) is 0 Å². The van der Waals surface area contributed by atoms with Crippen molar-refractivity contribution in [3.05, 3.63) is 59.9 Å². The Kier molecular flexibility index (Phi) is 5.62. The molecule has 3 heteroatoms. The fourth-order valence-electron chi connectivity index (χ4n) is 2.15. The second kappa shape index (κ2) is 7.46. The Hall–Kier alpha value is -1.32. The molecule has 1 unspecified atom stereocenters. The summed E-state index contributed by atoms with van der Waals surface area (Å²) >= 11 is 1.65. The third-order valence-corrected chi connectivity index (χ3v) is 4.21. The van der Waals surface area contributed by atoms with Crippen molar-refractivity contribution < 1.29 is 4.39 Å². The second-order valence-corrected chi connectivity index (χ2v) is 5.79. The predicted molar refractivity (Wildman–Crippen MR) is 83.7 cm³/mol. The lowest BCUT2D eigenvalue weighted by atomic mass is 10.1. The van der Waals surface area contributed by atoms with Gasteiger partial charge in [0.05, 0.1) is 0 Å². The topological polar surface area (TPSA) is 12.0 Å². The summed E-state index contributed by atoms with van der Waals surface area (Å²) in [5.74, 6) is -0.193. The zero-order valence-electron chi connectivity index (χ0n) is 11.9. The number of halogens is 1. The summed E-state index contributed by atoms with van der Waals surface area (Å²) in [5.41, 5.74) is 1.32. The molecule has 0 bridgehead atoms. The molecule has 106 valence electrons. The van der Waals surface area contributed by atoms with E-state index in [-0.39, 0.29) is 5.82 Å². The van der Waals surface area contributed by atoms with E-state index in [9.17, 15) is 4.39 Å². The zero-order valence-corrected chi connectivity index (χ0v) is 12.7. The highest BCUT2D eigenvalue weighted by atomic mass is 32.2. The van der Waals surface area contributed by atoms with Crippen LogP contribution in [0.15, 0.2) is 58.3 Å². The van der Waals surface area contributed by atoms with E-state index >= 15 is 0 Å². The number of nitrogens with one attached hydrogen (secondary N) is 1. The van der Waals surface area contributed by atoms with E-state index in [1.807, 2.05) is 0 Å². The minimum Gasteiger partial charge on any atom is -0.310 e. The molecule has 0 fully saturated rings. The molecule has 0 saturated carbocycles. The molecule has 0 amide bonds. The van der Waals surface area contributed by atoms with E-state index in [4.69, 9.17) is 0 Å². The molecule has 0 aliphatic rings. The maximum Gasteiger partial charge on any atom is 0.123 e.